The van der Waals surface area contributed by atoms with E-state index in [-0.39, 0.29) is 5.92 Å². The maximum absolute atomic E-state index is 9.04. The maximum Gasteiger partial charge on any atom is 0.111 e. The highest BCUT2D eigenvalue weighted by molar-refractivity contribution is 5.85. The molecule has 3 rings (SSSR count). The third-order valence-electron chi connectivity index (χ3n) is 2.86. The van der Waals surface area contributed by atoms with Gasteiger partial charge < -0.3 is 4.57 Å². The molecule has 13 heavy (non-hydrogen) atoms. The van der Waals surface area contributed by atoms with Crippen LogP contribution in [0.2, 0.25) is 0 Å². The molecule has 1 unspecified atom stereocenters. The average molecular weight is 168 g/mol. The Morgan fingerprint density at radius 2 is 2.23 bits per heavy atom. The van der Waals surface area contributed by atoms with Gasteiger partial charge in [-0.15, -0.1) is 0 Å². The quantitative estimate of drug-likeness (QED) is 0.592. The van der Waals surface area contributed by atoms with Gasteiger partial charge in [-0.05, 0) is 23.1 Å². The summed E-state index contributed by atoms with van der Waals surface area (Å²) >= 11 is 0. The lowest BCUT2D eigenvalue weighted by atomic mass is 9.97. The Morgan fingerprint density at radius 1 is 1.38 bits per heavy atom. The summed E-state index contributed by atoms with van der Waals surface area (Å²) in [4.78, 5) is 0. The van der Waals surface area contributed by atoms with E-state index in [0.717, 1.165) is 11.3 Å². The van der Waals surface area contributed by atoms with Gasteiger partial charge in [-0.2, -0.15) is 5.26 Å². The van der Waals surface area contributed by atoms with E-state index in [9.17, 15) is 0 Å². The number of aromatic nitrogens is 1. The van der Waals surface area contributed by atoms with Crippen LogP contribution < -0.4 is 0 Å². The summed E-state index contributed by atoms with van der Waals surface area (Å²) < 4.78 is 2.11. The van der Waals surface area contributed by atoms with Crippen molar-refractivity contribution in [2.45, 2.75) is 5.92 Å². The van der Waals surface area contributed by atoms with Crippen LogP contribution >= 0.6 is 0 Å². The molecule has 0 amide bonds. The molecule has 0 aliphatic carbocycles. The minimum absolute atomic E-state index is 0.0648. The summed E-state index contributed by atoms with van der Waals surface area (Å²) in [6, 6.07) is 10.7. The summed E-state index contributed by atoms with van der Waals surface area (Å²) in [5, 5.41) is 10.3. The van der Waals surface area contributed by atoms with Crippen molar-refractivity contribution in [3.8, 4) is 6.07 Å². The highest BCUT2D eigenvalue weighted by atomic mass is 15.0. The third kappa shape index (κ3) is 0.631. The van der Waals surface area contributed by atoms with E-state index < -0.39 is 0 Å². The topological polar surface area (TPSA) is 28.7 Å². The number of benzene rings is 1. The van der Waals surface area contributed by atoms with Gasteiger partial charge >= 0.3 is 0 Å². The number of aryl methyl sites for hydroxylation is 1. The number of hydrogen-bond donors (Lipinski definition) is 0. The van der Waals surface area contributed by atoms with Crippen LogP contribution in [0.4, 0.5) is 0 Å². The SMILES string of the molecule is Cn1c2cc3ccc(cc31)C2C#N. The smallest absolute Gasteiger partial charge is 0.111 e. The number of rotatable bonds is 0. The first-order valence-corrected chi connectivity index (χ1v) is 4.30. The Labute approximate surface area is 76.0 Å². The van der Waals surface area contributed by atoms with Crippen molar-refractivity contribution in [3.05, 3.63) is 35.5 Å². The lowest BCUT2D eigenvalue weighted by Crippen LogP contribution is -2.07. The van der Waals surface area contributed by atoms with Crippen LogP contribution in [0.1, 0.15) is 17.2 Å². The molecule has 0 radical (unpaired) electrons. The first-order chi connectivity index (χ1) is 6.31. The fraction of sp³-hybridized carbons (Fsp3) is 0.182. The van der Waals surface area contributed by atoms with Gasteiger partial charge in [0.25, 0.3) is 0 Å². The second kappa shape index (κ2) is 1.94. The van der Waals surface area contributed by atoms with Crippen LogP contribution in [0, 0.1) is 11.3 Å². The van der Waals surface area contributed by atoms with Crippen LogP contribution in [0.15, 0.2) is 24.3 Å². The number of fused-ring (bicyclic) bond motifs is 2. The fourth-order valence-corrected chi connectivity index (χ4v) is 2.14. The van der Waals surface area contributed by atoms with E-state index in [4.69, 9.17) is 5.26 Å². The molecule has 2 aromatic rings. The minimum Gasteiger partial charge on any atom is -0.346 e. The second-order valence-corrected chi connectivity index (χ2v) is 3.51. The Bertz CT molecular complexity index is 543. The Morgan fingerprint density at radius 3 is 3.00 bits per heavy atom. The van der Waals surface area contributed by atoms with Crippen molar-refractivity contribution in [2.75, 3.05) is 0 Å². The van der Waals surface area contributed by atoms with Crippen LogP contribution in [-0.4, -0.2) is 4.57 Å². The zero-order chi connectivity index (χ0) is 9.00. The van der Waals surface area contributed by atoms with Crippen LogP contribution in [-0.2, 0) is 7.05 Å². The molecule has 0 spiro atoms. The second-order valence-electron chi connectivity index (χ2n) is 3.51. The summed E-state index contributed by atoms with van der Waals surface area (Å²) in [6.07, 6.45) is 0. The lowest BCUT2D eigenvalue weighted by Gasteiger charge is -2.15. The molecule has 0 fully saturated rings. The van der Waals surface area contributed by atoms with Gasteiger partial charge in [0, 0.05) is 18.3 Å². The molecule has 2 heterocycles. The summed E-state index contributed by atoms with van der Waals surface area (Å²) in [7, 11) is 2.02. The lowest BCUT2D eigenvalue weighted by molar-refractivity contribution is 0.822. The summed E-state index contributed by atoms with van der Waals surface area (Å²) in [5.41, 5.74) is 3.48. The number of nitrogens with zero attached hydrogens (tertiary/aromatic N) is 2. The van der Waals surface area contributed by atoms with Crippen molar-refractivity contribution in [1.82, 2.24) is 4.57 Å². The first kappa shape index (κ1) is 6.73. The zero-order valence-corrected chi connectivity index (χ0v) is 7.28. The molecular formula is C11H8N2. The highest BCUT2D eigenvalue weighted by Gasteiger charge is 2.23. The molecule has 1 aromatic carbocycles. The van der Waals surface area contributed by atoms with Gasteiger partial charge in [0.1, 0.15) is 5.92 Å². The van der Waals surface area contributed by atoms with E-state index in [1.54, 1.807) is 0 Å². The molecule has 1 atom stereocenters. The van der Waals surface area contributed by atoms with Crippen LogP contribution in [0.3, 0.4) is 0 Å². The Hall–Kier alpha value is -1.75. The van der Waals surface area contributed by atoms with E-state index in [1.165, 1.54) is 10.9 Å². The normalized spacial score (nSPS) is 18.3. The van der Waals surface area contributed by atoms with Gasteiger partial charge in [-0.1, -0.05) is 12.1 Å². The van der Waals surface area contributed by atoms with Crippen molar-refractivity contribution >= 4 is 10.9 Å². The molecule has 1 aliphatic heterocycles. The number of hydrogen-bond acceptors (Lipinski definition) is 1. The van der Waals surface area contributed by atoms with E-state index in [1.807, 2.05) is 13.1 Å². The van der Waals surface area contributed by atoms with E-state index in [2.05, 4.69) is 28.8 Å². The first-order valence-electron chi connectivity index (χ1n) is 4.30. The molecule has 3 bridgehead atoms. The maximum atomic E-state index is 9.04. The van der Waals surface area contributed by atoms with E-state index >= 15 is 0 Å². The Balaban J connectivity index is 2.55. The molecule has 0 N–H and O–H groups in total. The fourth-order valence-electron chi connectivity index (χ4n) is 2.14. The Kier molecular flexibility index (Phi) is 1.01. The minimum atomic E-state index is -0.0648. The van der Waals surface area contributed by atoms with Crippen molar-refractivity contribution in [1.29, 1.82) is 5.26 Å². The molecule has 0 saturated carbocycles. The van der Waals surface area contributed by atoms with Crippen LogP contribution in [0.5, 0.6) is 0 Å². The summed E-state index contributed by atoms with van der Waals surface area (Å²) in [6.45, 7) is 0. The van der Waals surface area contributed by atoms with Gasteiger partial charge in [0.2, 0.25) is 0 Å². The van der Waals surface area contributed by atoms with Crippen LogP contribution in [0.25, 0.3) is 10.9 Å². The number of nitriles is 1. The predicted octanol–water partition coefficient (Wildman–Crippen LogP) is 2.15. The van der Waals surface area contributed by atoms with E-state index in [0.29, 0.717) is 0 Å². The standard InChI is InChI=1S/C11H8N2/c1-13-10-4-7-2-3-8(10)5-11(13)9(7)6-12/h2-5,9H,1H3. The van der Waals surface area contributed by atoms with Crippen molar-refractivity contribution in [3.63, 3.8) is 0 Å². The van der Waals surface area contributed by atoms with Crippen molar-refractivity contribution in [2.24, 2.45) is 7.05 Å². The molecular weight excluding hydrogens is 160 g/mol. The average Bonchev–Trinajstić information content (AvgIpc) is 2.36. The molecule has 2 heteroatoms. The molecule has 0 saturated heterocycles. The van der Waals surface area contributed by atoms with Gasteiger partial charge in [0.15, 0.2) is 0 Å². The monoisotopic (exact) mass is 168 g/mol. The molecule has 2 nitrogen and oxygen atoms in total. The van der Waals surface area contributed by atoms with Gasteiger partial charge in [0.05, 0.1) is 6.07 Å². The largest absolute Gasteiger partial charge is 0.346 e. The van der Waals surface area contributed by atoms with Crippen molar-refractivity contribution < 1.29 is 0 Å². The zero-order valence-electron chi connectivity index (χ0n) is 7.28. The summed E-state index contributed by atoms with van der Waals surface area (Å²) in [5.74, 6) is -0.0648. The highest BCUT2D eigenvalue weighted by Crippen LogP contribution is 2.35. The molecule has 62 valence electrons. The van der Waals surface area contributed by atoms with Gasteiger partial charge in [-0.3, -0.25) is 0 Å². The molecule has 1 aliphatic rings. The predicted molar refractivity (Wildman–Crippen MR) is 50.4 cm³/mol. The van der Waals surface area contributed by atoms with Gasteiger partial charge in [-0.25, -0.2) is 0 Å². The molecule has 1 aromatic heterocycles. The third-order valence-corrected chi connectivity index (χ3v) is 2.86.